The zero-order valence-electron chi connectivity index (χ0n) is 53.1. The van der Waals surface area contributed by atoms with Crippen molar-refractivity contribution in [3.05, 3.63) is 85.1 Å². The van der Waals surface area contributed by atoms with Crippen LogP contribution in [-0.4, -0.2) is 37.2 Å². The van der Waals surface area contributed by atoms with Crippen molar-refractivity contribution in [2.75, 3.05) is 13.2 Å². The molecule has 0 aliphatic heterocycles. The van der Waals surface area contributed by atoms with E-state index >= 15 is 0 Å². The summed E-state index contributed by atoms with van der Waals surface area (Å²) in [6.07, 6.45) is 90.3. The van der Waals surface area contributed by atoms with Crippen molar-refractivity contribution < 1.29 is 28.6 Å². The van der Waals surface area contributed by atoms with Gasteiger partial charge in [0.15, 0.2) is 6.10 Å². The Kier molecular flexibility index (Phi) is 65.2. The lowest BCUT2D eigenvalue weighted by Crippen LogP contribution is -2.30. The highest BCUT2D eigenvalue weighted by Crippen LogP contribution is 2.17. The first-order valence-corrected chi connectivity index (χ1v) is 34.6. The van der Waals surface area contributed by atoms with Gasteiger partial charge in [-0.15, -0.1) is 0 Å². The maximum atomic E-state index is 12.9. The molecule has 0 radical (unpaired) electrons. The maximum Gasteiger partial charge on any atom is 0.306 e. The molecule has 462 valence electrons. The molecule has 0 aromatic heterocycles. The summed E-state index contributed by atoms with van der Waals surface area (Å²) in [6.45, 7) is 6.61. The molecule has 0 amide bonds. The average Bonchev–Trinajstić information content (AvgIpc) is 3.46. The summed E-state index contributed by atoms with van der Waals surface area (Å²) in [5, 5.41) is 0. The second kappa shape index (κ2) is 68.1. The van der Waals surface area contributed by atoms with Crippen LogP contribution >= 0.6 is 0 Å². The van der Waals surface area contributed by atoms with E-state index in [9.17, 15) is 14.4 Å². The van der Waals surface area contributed by atoms with Crippen LogP contribution in [0.5, 0.6) is 0 Å². The van der Waals surface area contributed by atoms with Crippen LogP contribution in [0.4, 0.5) is 0 Å². The Morgan fingerprint density at radius 1 is 0.250 bits per heavy atom. The fourth-order valence-corrected chi connectivity index (χ4v) is 9.87. The van der Waals surface area contributed by atoms with Gasteiger partial charge in [-0.05, 0) is 122 Å². The molecule has 0 rings (SSSR count). The second-order valence-corrected chi connectivity index (χ2v) is 23.1. The molecular formula is C74H130O6. The van der Waals surface area contributed by atoms with Crippen LogP contribution in [0.25, 0.3) is 0 Å². The fourth-order valence-electron chi connectivity index (χ4n) is 9.87. The number of esters is 3. The van der Waals surface area contributed by atoms with Crippen LogP contribution in [0, 0.1) is 0 Å². The van der Waals surface area contributed by atoms with Gasteiger partial charge in [0.05, 0.1) is 0 Å². The Balaban J connectivity index is 4.28. The van der Waals surface area contributed by atoms with Gasteiger partial charge in [0, 0.05) is 19.3 Å². The molecule has 0 aromatic carbocycles. The summed E-state index contributed by atoms with van der Waals surface area (Å²) >= 11 is 0. The Morgan fingerprint density at radius 3 is 0.738 bits per heavy atom. The van der Waals surface area contributed by atoms with Crippen molar-refractivity contribution in [2.45, 2.75) is 354 Å². The van der Waals surface area contributed by atoms with Crippen LogP contribution < -0.4 is 0 Å². The number of ether oxygens (including phenoxy) is 3. The molecule has 0 fully saturated rings. The van der Waals surface area contributed by atoms with Crippen LogP contribution in [0.15, 0.2) is 85.1 Å². The average molecular weight is 1120 g/mol. The molecule has 0 saturated heterocycles. The van der Waals surface area contributed by atoms with E-state index in [4.69, 9.17) is 14.2 Å². The van der Waals surface area contributed by atoms with E-state index in [-0.39, 0.29) is 31.1 Å². The Labute approximate surface area is 496 Å². The third-order valence-electron chi connectivity index (χ3n) is 15.1. The molecule has 6 heteroatoms. The smallest absolute Gasteiger partial charge is 0.306 e. The van der Waals surface area contributed by atoms with E-state index in [0.717, 1.165) is 96.3 Å². The van der Waals surface area contributed by atoms with Gasteiger partial charge in [0.2, 0.25) is 0 Å². The quantitative estimate of drug-likeness (QED) is 0.0261. The number of allylic oxidation sites excluding steroid dienone is 14. The van der Waals surface area contributed by atoms with Gasteiger partial charge < -0.3 is 14.2 Å². The Hall–Kier alpha value is -3.41. The summed E-state index contributed by atoms with van der Waals surface area (Å²) in [5.41, 5.74) is 0. The van der Waals surface area contributed by atoms with Crippen molar-refractivity contribution in [3.63, 3.8) is 0 Å². The zero-order valence-corrected chi connectivity index (χ0v) is 53.1. The highest BCUT2D eigenvalue weighted by atomic mass is 16.6. The van der Waals surface area contributed by atoms with Gasteiger partial charge in [0.1, 0.15) is 13.2 Å². The second-order valence-electron chi connectivity index (χ2n) is 23.1. The van der Waals surface area contributed by atoms with Crippen LogP contribution in [0.1, 0.15) is 348 Å². The number of hydrogen-bond donors (Lipinski definition) is 0. The summed E-state index contributed by atoms with van der Waals surface area (Å²) < 4.78 is 16.9. The first kappa shape index (κ1) is 76.6. The lowest BCUT2D eigenvalue weighted by Gasteiger charge is -2.18. The highest BCUT2D eigenvalue weighted by Gasteiger charge is 2.19. The predicted molar refractivity (Wildman–Crippen MR) is 348 cm³/mol. The fraction of sp³-hybridized carbons (Fsp3) is 0.770. The minimum atomic E-state index is -0.786. The van der Waals surface area contributed by atoms with E-state index in [1.165, 1.54) is 212 Å². The molecule has 80 heavy (non-hydrogen) atoms. The van der Waals surface area contributed by atoms with Gasteiger partial charge >= 0.3 is 17.9 Å². The lowest BCUT2D eigenvalue weighted by molar-refractivity contribution is -0.167. The third kappa shape index (κ3) is 65.4. The van der Waals surface area contributed by atoms with E-state index in [1.807, 2.05) is 0 Å². The molecule has 1 unspecified atom stereocenters. The zero-order chi connectivity index (χ0) is 57.8. The molecular weight excluding hydrogens is 985 g/mol. The van der Waals surface area contributed by atoms with E-state index in [2.05, 4.69) is 106 Å². The Morgan fingerprint density at radius 2 is 0.450 bits per heavy atom. The normalized spacial score (nSPS) is 12.6. The maximum absolute atomic E-state index is 12.9. The molecule has 0 heterocycles. The van der Waals surface area contributed by atoms with Crippen molar-refractivity contribution in [2.24, 2.45) is 0 Å². The predicted octanol–water partition coefficient (Wildman–Crippen LogP) is 23.8. The van der Waals surface area contributed by atoms with E-state index in [0.29, 0.717) is 19.3 Å². The van der Waals surface area contributed by atoms with Crippen molar-refractivity contribution in [1.29, 1.82) is 0 Å². The molecule has 6 nitrogen and oxygen atoms in total. The molecule has 0 aliphatic carbocycles. The number of carbonyl (C=O) groups excluding carboxylic acids is 3. The number of unbranched alkanes of at least 4 members (excludes halogenated alkanes) is 38. The first-order valence-electron chi connectivity index (χ1n) is 34.6. The first-order chi connectivity index (χ1) is 39.5. The SMILES string of the molecule is CCCCC/C=C\CCCCCCCC(=O)OCC(COC(=O)CCCCCCCCCCCCCC/C=C\C/C=C\C/C=C\CCCCCCC)OC(=O)CCCCCCCCCC/C=C\C/C=C\C/C=C\CCCCCCC. The number of carbonyl (C=O) groups is 3. The van der Waals surface area contributed by atoms with Gasteiger partial charge in [-0.25, -0.2) is 0 Å². The molecule has 0 saturated carbocycles. The molecule has 0 aliphatic rings. The van der Waals surface area contributed by atoms with Gasteiger partial charge in [-0.1, -0.05) is 292 Å². The van der Waals surface area contributed by atoms with Gasteiger partial charge in [-0.3, -0.25) is 14.4 Å². The molecule has 0 N–H and O–H groups in total. The minimum Gasteiger partial charge on any atom is -0.462 e. The van der Waals surface area contributed by atoms with Crippen molar-refractivity contribution in [3.8, 4) is 0 Å². The Bertz CT molecular complexity index is 1520. The van der Waals surface area contributed by atoms with Gasteiger partial charge in [-0.2, -0.15) is 0 Å². The van der Waals surface area contributed by atoms with E-state index in [1.54, 1.807) is 0 Å². The van der Waals surface area contributed by atoms with Crippen LogP contribution in [0.2, 0.25) is 0 Å². The summed E-state index contributed by atoms with van der Waals surface area (Å²) in [4.78, 5) is 38.4. The molecule has 0 spiro atoms. The number of hydrogen-bond acceptors (Lipinski definition) is 6. The van der Waals surface area contributed by atoms with Crippen molar-refractivity contribution in [1.82, 2.24) is 0 Å². The molecule has 0 bridgehead atoms. The van der Waals surface area contributed by atoms with Crippen LogP contribution in [0.3, 0.4) is 0 Å². The third-order valence-corrected chi connectivity index (χ3v) is 15.1. The number of rotatable bonds is 63. The highest BCUT2D eigenvalue weighted by molar-refractivity contribution is 5.71. The summed E-state index contributed by atoms with van der Waals surface area (Å²) in [5.74, 6) is -0.886. The largest absolute Gasteiger partial charge is 0.462 e. The topological polar surface area (TPSA) is 78.9 Å². The summed E-state index contributed by atoms with van der Waals surface area (Å²) in [6, 6.07) is 0. The van der Waals surface area contributed by atoms with Crippen molar-refractivity contribution >= 4 is 17.9 Å². The monoisotopic (exact) mass is 1110 g/mol. The summed E-state index contributed by atoms with van der Waals surface area (Å²) in [7, 11) is 0. The molecule has 1 atom stereocenters. The lowest BCUT2D eigenvalue weighted by atomic mass is 10.0. The standard InChI is InChI=1S/C74H130O6/c1-4-7-10-13-16-19-22-25-27-29-31-33-35-36-37-38-40-41-43-45-47-49-52-55-58-61-64-67-73(76)79-70-71(69-78-72(75)66-63-60-57-54-51-24-21-18-15-12-9-6-3)80-74(77)68-65-62-59-56-53-50-48-46-44-42-39-34-32-30-28-26-23-20-17-14-11-8-5-2/h18,21-23,25-26,29-32,35-36,39,42,71H,4-17,19-20,24,27-28,33-34,37-38,40-41,43-70H2,1-3H3/b21-18-,25-22-,26-23-,31-29-,32-30-,36-35-,42-39-. The van der Waals surface area contributed by atoms with E-state index < -0.39 is 6.10 Å². The van der Waals surface area contributed by atoms with Crippen LogP contribution in [-0.2, 0) is 28.6 Å². The minimum absolute atomic E-state index is 0.0817. The van der Waals surface area contributed by atoms with Gasteiger partial charge in [0.25, 0.3) is 0 Å². The molecule has 0 aromatic rings.